The molecule has 0 amide bonds. The molecule has 0 aromatic rings. The molecular weight excluding hydrogens is 150 g/mol. The summed E-state index contributed by atoms with van der Waals surface area (Å²) in [6, 6.07) is 0.598. The van der Waals surface area contributed by atoms with E-state index >= 15 is 0 Å². The van der Waals surface area contributed by atoms with Crippen molar-refractivity contribution < 1.29 is 0 Å². The number of hydrogen-bond acceptors (Lipinski definition) is 1. The molecule has 0 saturated carbocycles. The third kappa shape index (κ3) is 4.38. The quantitative estimate of drug-likeness (QED) is 0.640. The summed E-state index contributed by atoms with van der Waals surface area (Å²) < 4.78 is 0. The highest BCUT2D eigenvalue weighted by atomic mass is 28.3. The molecule has 1 N–H and O–H groups in total. The van der Waals surface area contributed by atoms with E-state index in [1.54, 1.807) is 0 Å². The third-order valence-electron chi connectivity index (χ3n) is 2.11. The largest absolute Gasteiger partial charge is 0.317 e. The Morgan fingerprint density at radius 1 is 1.45 bits per heavy atom. The molecule has 0 heterocycles. The van der Waals surface area contributed by atoms with Gasteiger partial charge in [0.25, 0.3) is 0 Å². The summed E-state index contributed by atoms with van der Waals surface area (Å²) in [7, 11) is -1.15. The summed E-state index contributed by atoms with van der Waals surface area (Å²) in [5.41, 5.74) is 0. The van der Waals surface area contributed by atoms with Gasteiger partial charge in [-0.25, -0.2) is 0 Å². The van der Waals surface area contributed by atoms with Crippen molar-refractivity contribution in [1.29, 1.82) is 0 Å². The number of allylic oxidation sites excluding steroid dienone is 1. The second-order valence-electron chi connectivity index (χ2n) is 4.20. The van der Waals surface area contributed by atoms with Crippen LogP contribution in [0.3, 0.4) is 0 Å². The zero-order valence-corrected chi connectivity index (χ0v) is 9.49. The molecule has 0 saturated heterocycles. The minimum atomic E-state index is -1.15. The number of hydrogen-bond donors (Lipinski definition) is 1. The van der Waals surface area contributed by atoms with Gasteiger partial charge in [-0.15, -0.1) is 6.58 Å². The molecule has 0 fully saturated rings. The monoisotopic (exact) mass is 171 g/mol. The lowest BCUT2D eigenvalue weighted by Gasteiger charge is -2.24. The molecule has 11 heavy (non-hydrogen) atoms. The molecule has 2 heteroatoms. The maximum absolute atomic E-state index is 4.03. The SMILES string of the molecule is C=C(C)[Si](C)(C)CNC(C)C. The van der Waals surface area contributed by atoms with Gasteiger partial charge in [-0.1, -0.05) is 32.1 Å². The van der Waals surface area contributed by atoms with Crippen LogP contribution in [0, 0.1) is 0 Å². The van der Waals surface area contributed by atoms with Crippen LogP contribution in [0.2, 0.25) is 13.1 Å². The Morgan fingerprint density at radius 2 is 1.91 bits per heavy atom. The first-order chi connectivity index (χ1) is 4.86. The molecule has 0 atom stereocenters. The van der Waals surface area contributed by atoms with Gasteiger partial charge in [0.15, 0.2) is 0 Å². The van der Waals surface area contributed by atoms with Crippen LogP contribution >= 0.6 is 0 Å². The molecule has 0 bridgehead atoms. The molecule has 0 aliphatic heterocycles. The molecule has 0 spiro atoms. The second-order valence-corrected chi connectivity index (χ2v) is 9.17. The average molecular weight is 171 g/mol. The van der Waals surface area contributed by atoms with E-state index in [1.165, 1.54) is 5.20 Å². The average Bonchev–Trinajstić information content (AvgIpc) is 1.84. The predicted octanol–water partition coefficient (Wildman–Crippen LogP) is 2.35. The molecule has 0 radical (unpaired) electrons. The highest BCUT2D eigenvalue weighted by molar-refractivity contribution is 6.84. The Hall–Kier alpha value is -0.0831. The lowest BCUT2D eigenvalue weighted by molar-refractivity contribution is 0.643. The molecular formula is C9H21NSi. The van der Waals surface area contributed by atoms with Gasteiger partial charge in [-0.3, -0.25) is 0 Å². The van der Waals surface area contributed by atoms with Crippen molar-refractivity contribution in [2.24, 2.45) is 0 Å². The van der Waals surface area contributed by atoms with E-state index < -0.39 is 8.07 Å². The fourth-order valence-electron chi connectivity index (χ4n) is 0.610. The van der Waals surface area contributed by atoms with E-state index in [0.717, 1.165) is 6.17 Å². The Balaban J connectivity index is 3.83. The van der Waals surface area contributed by atoms with Crippen molar-refractivity contribution in [3.63, 3.8) is 0 Å². The lowest BCUT2D eigenvalue weighted by Crippen LogP contribution is -2.43. The summed E-state index contributed by atoms with van der Waals surface area (Å²) in [6.07, 6.45) is 1.15. The van der Waals surface area contributed by atoms with Crippen molar-refractivity contribution >= 4 is 8.07 Å². The molecule has 0 unspecified atom stereocenters. The van der Waals surface area contributed by atoms with E-state index in [1.807, 2.05) is 0 Å². The topological polar surface area (TPSA) is 12.0 Å². The summed E-state index contributed by atoms with van der Waals surface area (Å²) in [6.45, 7) is 15.2. The van der Waals surface area contributed by atoms with Crippen LogP contribution in [0.4, 0.5) is 0 Å². The van der Waals surface area contributed by atoms with Crippen molar-refractivity contribution in [2.45, 2.75) is 39.9 Å². The Bertz CT molecular complexity index is 138. The Morgan fingerprint density at radius 3 is 2.18 bits per heavy atom. The molecule has 0 aliphatic carbocycles. The maximum atomic E-state index is 4.03. The standard InChI is InChI=1S/C9H21NSi/c1-8(2)10-7-11(5,6)9(3)4/h8,10H,3,7H2,1-2,4-6H3. The van der Waals surface area contributed by atoms with Crippen molar-refractivity contribution in [2.75, 3.05) is 6.17 Å². The molecule has 0 aromatic heterocycles. The normalized spacial score (nSPS) is 12.2. The van der Waals surface area contributed by atoms with Gasteiger partial charge in [0, 0.05) is 6.04 Å². The minimum absolute atomic E-state index is 0.598. The Labute approximate surface area is 71.9 Å². The summed E-state index contributed by atoms with van der Waals surface area (Å²) in [5, 5.41) is 4.85. The van der Waals surface area contributed by atoms with Crippen LogP contribution in [0.15, 0.2) is 11.8 Å². The minimum Gasteiger partial charge on any atom is -0.317 e. The van der Waals surface area contributed by atoms with Crippen molar-refractivity contribution in [1.82, 2.24) is 5.32 Å². The van der Waals surface area contributed by atoms with Crippen LogP contribution < -0.4 is 5.32 Å². The van der Waals surface area contributed by atoms with E-state index in [0.29, 0.717) is 6.04 Å². The van der Waals surface area contributed by atoms with Gasteiger partial charge in [-0.05, 0) is 13.1 Å². The highest BCUT2D eigenvalue weighted by Gasteiger charge is 2.20. The fraction of sp³-hybridized carbons (Fsp3) is 0.778. The van der Waals surface area contributed by atoms with Gasteiger partial charge < -0.3 is 5.32 Å². The first kappa shape index (κ1) is 10.9. The molecule has 1 nitrogen and oxygen atoms in total. The zero-order valence-electron chi connectivity index (χ0n) is 8.49. The van der Waals surface area contributed by atoms with Crippen molar-refractivity contribution in [3.05, 3.63) is 11.8 Å². The number of rotatable bonds is 4. The van der Waals surface area contributed by atoms with Gasteiger partial charge in [-0.2, -0.15) is 0 Å². The smallest absolute Gasteiger partial charge is 0.0883 e. The first-order valence-corrected chi connectivity index (χ1v) is 7.46. The van der Waals surface area contributed by atoms with E-state index in [9.17, 15) is 0 Å². The molecule has 0 aromatic carbocycles. The van der Waals surface area contributed by atoms with Crippen molar-refractivity contribution in [3.8, 4) is 0 Å². The molecule has 0 rings (SSSR count). The van der Waals surface area contributed by atoms with Gasteiger partial charge >= 0.3 is 0 Å². The van der Waals surface area contributed by atoms with Crippen LogP contribution in [-0.2, 0) is 0 Å². The van der Waals surface area contributed by atoms with E-state index in [2.05, 4.69) is 45.8 Å². The van der Waals surface area contributed by atoms with E-state index in [-0.39, 0.29) is 0 Å². The summed E-state index contributed by atoms with van der Waals surface area (Å²) in [5.74, 6) is 0. The van der Waals surface area contributed by atoms with Crippen LogP contribution in [0.25, 0.3) is 0 Å². The highest BCUT2D eigenvalue weighted by Crippen LogP contribution is 2.10. The van der Waals surface area contributed by atoms with E-state index in [4.69, 9.17) is 0 Å². The molecule has 66 valence electrons. The predicted molar refractivity (Wildman–Crippen MR) is 55.4 cm³/mol. The second kappa shape index (κ2) is 4.07. The van der Waals surface area contributed by atoms with Gasteiger partial charge in [0.05, 0.1) is 8.07 Å². The fourth-order valence-corrected chi connectivity index (χ4v) is 1.83. The Kier molecular flexibility index (Phi) is 4.04. The van der Waals surface area contributed by atoms with Crippen LogP contribution in [0.1, 0.15) is 20.8 Å². The first-order valence-electron chi connectivity index (χ1n) is 4.25. The third-order valence-corrected chi connectivity index (χ3v) is 5.51. The van der Waals surface area contributed by atoms with Gasteiger partial charge in [0.1, 0.15) is 0 Å². The van der Waals surface area contributed by atoms with Crippen LogP contribution in [-0.4, -0.2) is 20.3 Å². The number of nitrogens with one attached hydrogen (secondary N) is 1. The summed E-state index contributed by atoms with van der Waals surface area (Å²) in [4.78, 5) is 0. The van der Waals surface area contributed by atoms with Gasteiger partial charge in [0.2, 0.25) is 0 Å². The maximum Gasteiger partial charge on any atom is 0.0883 e. The lowest BCUT2D eigenvalue weighted by atomic mass is 10.4. The van der Waals surface area contributed by atoms with Crippen LogP contribution in [0.5, 0.6) is 0 Å². The molecule has 0 aliphatic rings. The zero-order chi connectivity index (χ0) is 9.07. The summed E-state index contributed by atoms with van der Waals surface area (Å²) >= 11 is 0.